The molecule has 2 N–H and O–H groups in total. The van der Waals surface area contributed by atoms with Crippen LogP contribution < -0.4 is 10.6 Å². The Labute approximate surface area is 145 Å². The first-order valence-electron chi connectivity index (χ1n) is 8.15. The molecule has 1 heterocycles. The molecule has 2 fully saturated rings. The number of imide groups is 1. The van der Waals surface area contributed by atoms with Crippen molar-refractivity contribution < 1.29 is 14.4 Å². The summed E-state index contributed by atoms with van der Waals surface area (Å²) >= 11 is 5.90. The number of carbonyl (C=O) groups excluding carboxylic acids is 3. The van der Waals surface area contributed by atoms with Crippen LogP contribution in [0.2, 0.25) is 5.02 Å². The molecule has 0 aromatic heterocycles. The van der Waals surface area contributed by atoms with Crippen molar-refractivity contribution in [1.82, 2.24) is 15.5 Å². The standard InChI is InChI=1S/C17H20ClN3O3/c18-13-5-3-4-12(10-13)11-19-14(22)6-9-21-15(23)17(20-16(21)24)7-1-2-8-17/h3-5,10H,1-2,6-9,11H2,(H,19,22)(H,20,24). The Hall–Kier alpha value is -2.08. The highest BCUT2D eigenvalue weighted by molar-refractivity contribution is 6.30. The normalized spacial score (nSPS) is 19.0. The van der Waals surface area contributed by atoms with E-state index < -0.39 is 5.54 Å². The fraction of sp³-hybridized carbons (Fsp3) is 0.471. The average Bonchev–Trinajstić information content (AvgIpc) is 3.10. The molecule has 0 unspecified atom stereocenters. The summed E-state index contributed by atoms with van der Waals surface area (Å²) in [5, 5.41) is 6.20. The molecule has 3 rings (SSSR count). The monoisotopic (exact) mass is 349 g/mol. The van der Waals surface area contributed by atoms with Crippen LogP contribution in [0.15, 0.2) is 24.3 Å². The fourth-order valence-corrected chi connectivity index (χ4v) is 3.56. The van der Waals surface area contributed by atoms with Crippen LogP contribution in [0, 0.1) is 0 Å². The van der Waals surface area contributed by atoms with Crippen LogP contribution in [0.25, 0.3) is 0 Å². The van der Waals surface area contributed by atoms with Crippen molar-refractivity contribution in [2.45, 2.75) is 44.2 Å². The van der Waals surface area contributed by atoms with Gasteiger partial charge < -0.3 is 10.6 Å². The molecule has 2 aliphatic rings. The van der Waals surface area contributed by atoms with Crippen LogP contribution in [0.5, 0.6) is 0 Å². The molecule has 24 heavy (non-hydrogen) atoms. The maximum atomic E-state index is 12.5. The van der Waals surface area contributed by atoms with Crippen LogP contribution in [-0.2, 0) is 16.1 Å². The Kier molecular flexibility index (Phi) is 4.76. The average molecular weight is 350 g/mol. The minimum Gasteiger partial charge on any atom is -0.352 e. The molecule has 128 valence electrons. The lowest BCUT2D eigenvalue weighted by Gasteiger charge is -2.19. The van der Waals surface area contributed by atoms with Gasteiger partial charge in [0.05, 0.1) is 0 Å². The van der Waals surface area contributed by atoms with E-state index in [4.69, 9.17) is 11.6 Å². The molecule has 0 radical (unpaired) electrons. The Bertz CT molecular complexity index is 671. The Morgan fingerprint density at radius 2 is 2.04 bits per heavy atom. The summed E-state index contributed by atoms with van der Waals surface area (Å²) in [6.07, 6.45) is 3.36. The number of carbonyl (C=O) groups is 3. The zero-order valence-corrected chi connectivity index (χ0v) is 14.1. The van der Waals surface area contributed by atoms with Gasteiger partial charge in [0.25, 0.3) is 5.91 Å². The molecule has 6 nitrogen and oxygen atoms in total. The highest BCUT2D eigenvalue weighted by Crippen LogP contribution is 2.34. The van der Waals surface area contributed by atoms with E-state index in [1.165, 1.54) is 4.90 Å². The summed E-state index contributed by atoms with van der Waals surface area (Å²) in [4.78, 5) is 37.6. The van der Waals surface area contributed by atoms with Gasteiger partial charge >= 0.3 is 6.03 Å². The van der Waals surface area contributed by atoms with Crippen LogP contribution in [0.3, 0.4) is 0 Å². The molecule has 1 aliphatic carbocycles. The molecule has 1 aromatic rings. The lowest BCUT2D eigenvalue weighted by atomic mass is 9.98. The molecule has 1 aromatic carbocycles. The van der Waals surface area contributed by atoms with Gasteiger partial charge in [-0.3, -0.25) is 14.5 Å². The second-order valence-electron chi connectivity index (χ2n) is 6.33. The van der Waals surface area contributed by atoms with E-state index in [-0.39, 0.29) is 30.8 Å². The predicted octanol–water partition coefficient (Wildman–Crippen LogP) is 2.21. The van der Waals surface area contributed by atoms with Crippen molar-refractivity contribution in [3.63, 3.8) is 0 Å². The van der Waals surface area contributed by atoms with Gasteiger partial charge in [-0.1, -0.05) is 36.6 Å². The number of rotatable bonds is 5. The SMILES string of the molecule is O=C(CCN1C(=O)NC2(CCCC2)C1=O)NCc1cccc(Cl)c1. The number of halogens is 1. The van der Waals surface area contributed by atoms with Crippen molar-refractivity contribution in [3.8, 4) is 0 Å². The highest BCUT2D eigenvalue weighted by atomic mass is 35.5. The van der Waals surface area contributed by atoms with Gasteiger partial charge in [-0.2, -0.15) is 0 Å². The number of urea groups is 1. The molecule has 1 aliphatic heterocycles. The third-order valence-electron chi connectivity index (χ3n) is 4.64. The van der Waals surface area contributed by atoms with E-state index in [1.807, 2.05) is 12.1 Å². The number of nitrogens with one attached hydrogen (secondary N) is 2. The van der Waals surface area contributed by atoms with Crippen LogP contribution in [0.1, 0.15) is 37.7 Å². The van der Waals surface area contributed by atoms with Crippen LogP contribution in [-0.4, -0.2) is 34.8 Å². The summed E-state index contributed by atoms with van der Waals surface area (Å²) in [5.74, 6) is -0.393. The number of hydrogen-bond acceptors (Lipinski definition) is 3. The summed E-state index contributed by atoms with van der Waals surface area (Å²) in [6, 6.07) is 6.85. The van der Waals surface area contributed by atoms with Crippen molar-refractivity contribution in [1.29, 1.82) is 0 Å². The lowest BCUT2D eigenvalue weighted by Crippen LogP contribution is -2.44. The molecule has 0 bridgehead atoms. The third-order valence-corrected chi connectivity index (χ3v) is 4.88. The van der Waals surface area contributed by atoms with E-state index in [0.717, 1.165) is 18.4 Å². The first-order valence-corrected chi connectivity index (χ1v) is 8.53. The van der Waals surface area contributed by atoms with Gasteiger partial charge in [-0.15, -0.1) is 0 Å². The van der Waals surface area contributed by atoms with E-state index >= 15 is 0 Å². The van der Waals surface area contributed by atoms with Crippen molar-refractivity contribution in [2.75, 3.05) is 6.54 Å². The fourth-order valence-electron chi connectivity index (χ4n) is 3.35. The first kappa shape index (κ1) is 16.8. The number of hydrogen-bond donors (Lipinski definition) is 2. The minimum atomic E-state index is -0.714. The summed E-state index contributed by atoms with van der Waals surface area (Å²) in [5.41, 5.74) is 0.185. The Morgan fingerprint density at radius 3 is 2.75 bits per heavy atom. The zero-order chi connectivity index (χ0) is 17.2. The quantitative estimate of drug-likeness (QED) is 0.800. The molecular weight excluding hydrogens is 330 g/mol. The molecule has 1 saturated heterocycles. The second kappa shape index (κ2) is 6.81. The molecule has 1 saturated carbocycles. The molecule has 0 atom stereocenters. The van der Waals surface area contributed by atoms with Crippen molar-refractivity contribution >= 4 is 29.4 Å². The van der Waals surface area contributed by atoms with E-state index in [9.17, 15) is 14.4 Å². The number of nitrogens with zero attached hydrogens (tertiary/aromatic N) is 1. The maximum absolute atomic E-state index is 12.5. The summed E-state index contributed by atoms with van der Waals surface area (Å²) in [6.45, 7) is 0.470. The highest BCUT2D eigenvalue weighted by Gasteiger charge is 2.52. The molecule has 1 spiro atoms. The Morgan fingerprint density at radius 1 is 1.29 bits per heavy atom. The van der Waals surface area contributed by atoms with Gasteiger partial charge in [-0.25, -0.2) is 4.79 Å². The first-order chi connectivity index (χ1) is 11.5. The van der Waals surface area contributed by atoms with E-state index in [1.54, 1.807) is 12.1 Å². The van der Waals surface area contributed by atoms with E-state index in [0.29, 0.717) is 24.4 Å². The van der Waals surface area contributed by atoms with Gasteiger partial charge in [-0.05, 0) is 30.5 Å². The summed E-state index contributed by atoms with van der Waals surface area (Å²) in [7, 11) is 0. The van der Waals surface area contributed by atoms with Crippen LogP contribution >= 0.6 is 11.6 Å². The largest absolute Gasteiger partial charge is 0.352 e. The van der Waals surface area contributed by atoms with Gasteiger partial charge in [0.2, 0.25) is 5.91 Å². The number of amides is 4. The smallest absolute Gasteiger partial charge is 0.325 e. The second-order valence-corrected chi connectivity index (χ2v) is 6.77. The minimum absolute atomic E-state index is 0.0931. The summed E-state index contributed by atoms with van der Waals surface area (Å²) < 4.78 is 0. The Balaban J connectivity index is 1.49. The van der Waals surface area contributed by atoms with Gasteiger partial charge in [0, 0.05) is 24.5 Å². The molecule has 4 amide bonds. The van der Waals surface area contributed by atoms with Gasteiger partial charge in [0.15, 0.2) is 0 Å². The predicted molar refractivity (Wildman–Crippen MR) is 89.4 cm³/mol. The zero-order valence-electron chi connectivity index (χ0n) is 13.3. The molecular formula is C17H20ClN3O3. The van der Waals surface area contributed by atoms with E-state index in [2.05, 4.69) is 10.6 Å². The molecule has 7 heteroatoms. The number of benzene rings is 1. The topological polar surface area (TPSA) is 78.5 Å². The maximum Gasteiger partial charge on any atom is 0.325 e. The van der Waals surface area contributed by atoms with Crippen molar-refractivity contribution in [2.24, 2.45) is 0 Å². The van der Waals surface area contributed by atoms with Crippen molar-refractivity contribution in [3.05, 3.63) is 34.9 Å². The lowest BCUT2D eigenvalue weighted by molar-refractivity contribution is -0.131. The van der Waals surface area contributed by atoms with Crippen LogP contribution in [0.4, 0.5) is 4.79 Å². The third kappa shape index (κ3) is 3.38. The van der Waals surface area contributed by atoms with Gasteiger partial charge in [0.1, 0.15) is 5.54 Å².